The van der Waals surface area contributed by atoms with Crippen LogP contribution in [-0.2, 0) is 0 Å². The monoisotopic (exact) mass is 232 g/mol. The first-order valence-electron chi connectivity index (χ1n) is 6.64. The molecule has 1 saturated heterocycles. The molecular formula is C15H24N2. The summed E-state index contributed by atoms with van der Waals surface area (Å²) in [6.07, 6.45) is 1.26. The topological polar surface area (TPSA) is 15.3 Å². The Labute approximate surface area is 105 Å². The van der Waals surface area contributed by atoms with Crippen LogP contribution < -0.4 is 5.32 Å². The molecule has 1 aliphatic rings. The summed E-state index contributed by atoms with van der Waals surface area (Å²) in [5.74, 6) is 0. The second kappa shape index (κ2) is 5.09. The Morgan fingerprint density at radius 2 is 2.06 bits per heavy atom. The van der Waals surface area contributed by atoms with Gasteiger partial charge in [-0.1, -0.05) is 17.7 Å². The fraction of sp³-hybridized carbons (Fsp3) is 0.600. The molecule has 1 heterocycles. The minimum Gasteiger partial charge on any atom is -0.381 e. The van der Waals surface area contributed by atoms with Crippen molar-refractivity contribution in [2.45, 2.75) is 46.2 Å². The van der Waals surface area contributed by atoms with E-state index in [-0.39, 0.29) is 0 Å². The molecule has 0 amide bonds. The minimum absolute atomic E-state index is 0.610. The average molecular weight is 232 g/mol. The van der Waals surface area contributed by atoms with Crippen LogP contribution in [0.5, 0.6) is 0 Å². The van der Waals surface area contributed by atoms with Crippen molar-refractivity contribution >= 4 is 5.69 Å². The van der Waals surface area contributed by atoms with Gasteiger partial charge in [0.15, 0.2) is 0 Å². The summed E-state index contributed by atoms with van der Waals surface area (Å²) in [7, 11) is 0. The molecule has 2 nitrogen and oxygen atoms in total. The molecule has 2 rings (SSSR count). The molecule has 94 valence electrons. The molecular weight excluding hydrogens is 208 g/mol. The van der Waals surface area contributed by atoms with Gasteiger partial charge in [-0.15, -0.1) is 0 Å². The summed E-state index contributed by atoms with van der Waals surface area (Å²) in [4.78, 5) is 2.54. The number of hydrogen-bond acceptors (Lipinski definition) is 2. The van der Waals surface area contributed by atoms with Crippen LogP contribution in [0, 0.1) is 13.8 Å². The second-order valence-corrected chi connectivity index (χ2v) is 5.54. The Hall–Kier alpha value is -1.02. The fourth-order valence-corrected chi connectivity index (χ4v) is 2.57. The van der Waals surface area contributed by atoms with E-state index in [1.807, 2.05) is 0 Å². The average Bonchev–Trinajstić information content (AvgIpc) is 2.71. The lowest BCUT2D eigenvalue weighted by Crippen LogP contribution is -2.31. The number of aryl methyl sites for hydroxylation is 2. The highest BCUT2D eigenvalue weighted by Crippen LogP contribution is 2.21. The summed E-state index contributed by atoms with van der Waals surface area (Å²) >= 11 is 0. The van der Waals surface area contributed by atoms with Gasteiger partial charge in [0.2, 0.25) is 0 Å². The van der Waals surface area contributed by atoms with Gasteiger partial charge in [0.1, 0.15) is 0 Å². The molecule has 0 radical (unpaired) electrons. The Morgan fingerprint density at radius 3 is 2.65 bits per heavy atom. The lowest BCUT2D eigenvalue weighted by Gasteiger charge is -2.21. The predicted molar refractivity (Wildman–Crippen MR) is 74.7 cm³/mol. The van der Waals surface area contributed by atoms with Gasteiger partial charge in [0, 0.05) is 30.9 Å². The summed E-state index contributed by atoms with van der Waals surface area (Å²) in [5, 5.41) is 3.68. The number of hydrogen-bond donors (Lipinski definition) is 1. The van der Waals surface area contributed by atoms with Crippen LogP contribution in [0.15, 0.2) is 18.2 Å². The largest absolute Gasteiger partial charge is 0.381 e. The number of likely N-dealkylation sites (tertiary alicyclic amines) is 1. The number of nitrogens with zero attached hydrogens (tertiary/aromatic N) is 1. The maximum Gasteiger partial charge on any atom is 0.0400 e. The van der Waals surface area contributed by atoms with Crippen LogP contribution in [0.3, 0.4) is 0 Å². The van der Waals surface area contributed by atoms with E-state index in [1.54, 1.807) is 0 Å². The molecule has 17 heavy (non-hydrogen) atoms. The van der Waals surface area contributed by atoms with Crippen LogP contribution >= 0.6 is 0 Å². The second-order valence-electron chi connectivity index (χ2n) is 5.54. The molecule has 2 heteroatoms. The SMILES string of the molecule is Cc1ccc(NC2CCN(C(C)C)C2)c(C)c1. The van der Waals surface area contributed by atoms with Crippen molar-refractivity contribution in [3.8, 4) is 0 Å². The third-order valence-corrected chi connectivity index (χ3v) is 3.69. The van der Waals surface area contributed by atoms with E-state index in [4.69, 9.17) is 0 Å². The van der Waals surface area contributed by atoms with Crippen LogP contribution in [0.25, 0.3) is 0 Å². The molecule has 0 aliphatic carbocycles. The molecule has 1 atom stereocenters. The van der Waals surface area contributed by atoms with Gasteiger partial charge in [-0.05, 0) is 45.7 Å². The Kier molecular flexibility index (Phi) is 3.72. The lowest BCUT2D eigenvalue weighted by molar-refractivity contribution is 0.274. The van der Waals surface area contributed by atoms with Gasteiger partial charge in [-0.25, -0.2) is 0 Å². The highest BCUT2D eigenvalue weighted by atomic mass is 15.2. The number of rotatable bonds is 3. The first-order valence-corrected chi connectivity index (χ1v) is 6.64. The van der Waals surface area contributed by atoms with E-state index in [1.165, 1.54) is 36.3 Å². The summed E-state index contributed by atoms with van der Waals surface area (Å²) in [5.41, 5.74) is 3.99. The van der Waals surface area contributed by atoms with Gasteiger partial charge in [-0.3, -0.25) is 4.90 Å². The van der Waals surface area contributed by atoms with E-state index in [9.17, 15) is 0 Å². The molecule has 0 saturated carbocycles. The molecule has 1 aliphatic heterocycles. The van der Waals surface area contributed by atoms with Crippen LogP contribution in [-0.4, -0.2) is 30.1 Å². The standard InChI is InChI=1S/C15H24N2/c1-11(2)17-8-7-14(10-17)16-15-6-5-12(3)9-13(15)4/h5-6,9,11,14,16H,7-8,10H2,1-4H3. The molecule has 1 unspecified atom stereocenters. The van der Waals surface area contributed by atoms with Gasteiger partial charge in [0.25, 0.3) is 0 Å². The van der Waals surface area contributed by atoms with E-state index >= 15 is 0 Å². The van der Waals surface area contributed by atoms with Gasteiger partial charge < -0.3 is 5.32 Å². The van der Waals surface area contributed by atoms with E-state index in [0.29, 0.717) is 12.1 Å². The smallest absolute Gasteiger partial charge is 0.0400 e. The lowest BCUT2D eigenvalue weighted by atomic mass is 10.1. The third kappa shape index (κ3) is 3.01. The molecule has 0 bridgehead atoms. The Balaban J connectivity index is 1.98. The van der Waals surface area contributed by atoms with Crippen molar-refractivity contribution in [1.29, 1.82) is 0 Å². The normalized spacial score (nSPS) is 21.1. The van der Waals surface area contributed by atoms with Gasteiger partial charge >= 0.3 is 0 Å². The maximum atomic E-state index is 3.68. The van der Waals surface area contributed by atoms with Crippen LogP contribution in [0.1, 0.15) is 31.4 Å². The van der Waals surface area contributed by atoms with Crippen molar-refractivity contribution in [3.05, 3.63) is 29.3 Å². The first kappa shape index (κ1) is 12.4. The molecule has 1 N–H and O–H groups in total. The summed E-state index contributed by atoms with van der Waals surface area (Å²) in [6, 6.07) is 7.92. The van der Waals surface area contributed by atoms with Crippen molar-refractivity contribution in [2.24, 2.45) is 0 Å². The van der Waals surface area contributed by atoms with Gasteiger partial charge in [-0.2, -0.15) is 0 Å². The molecule has 1 fully saturated rings. The number of nitrogens with one attached hydrogen (secondary N) is 1. The highest BCUT2D eigenvalue weighted by molar-refractivity contribution is 5.52. The fourth-order valence-electron chi connectivity index (χ4n) is 2.57. The van der Waals surface area contributed by atoms with E-state index in [0.717, 1.165) is 0 Å². The van der Waals surface area contributed by atoms with Gasteiger partial charge in [0.05, 0.1) is 0 Å². The van der Waals surface area contributed by atoms with Crippen molar-refractivity contribution < 1.29 is 0 Å². The maximum absolute atomic E-state index is 3.68. The Bertz CT molecular complexity index is 385. The molecule has 0 aromatic heterocycles. The Morgan fingerprint density at radius 1 is 1.29 bits per heavy atom. The minimum atomic E-state index is 0.610. The highest BCUT2D eigenvalue weighted by Gasteiger charge is 2.24. The number of anilines is 1. The van der Waals surface area contributed by atoms with Crippen molar-refractivity contribution in [1.82, 2.24) is 4.90 Å². The molecule has 1 aromatic rings. The van der Waals surface area contributed by atoms with Crippen LogP contribution in [0.2, 0.25) is 0 Å². The van der Waals surface area contributed by atoms with Crippen molar-refractivity contribution in [2.75, 3.05) is 18.4 Å². The summed E-state index contributed by atoms with van der Waals surface area (Å²) in [6.45, 7) is 11.3. The zero-order valence-corrected chi connectivity index (χ0v) is 11.5. The zero-order chi connectivity index (χ0) is 12.4. The van der Waals surface area contributed by atoms with Crippen molar-refractivity contribution in [3.63, 3.8) is 0 Å². The predicted octanol–water partition coefficient (Wildman–Crippen LogP) is 3.20. The zero-order valence-electron chi connectivity index (χ0n) is 11.5. The number of benzene rings is 1. The van der Waals surface area contributed by atoms with E-state index in [2.05, 4.69) is 56.1 Å². The van der Waals surface area contributed by atoms with Crippen LogP contribution in [0.4, 0.5) is 5.69 Å². The molecule has 1 aromatic carbocycles. The van der Waals surface area contributed by atoms with E-state index < -0.39 is 0 Å². The quantitative estimate of drug-likeness (QED) is 0.861. The molecule has 0 spiro atoms. The summed E-state index contributed by atoms with van der Waals surface area (Å²) < 4.78 is 0. The third-order valence-electron chi connectivity index (χ3n) is 3.69. The first-order chi connectivity index (χ1) is 8.06.